The summed E-state index contributed by atoms with van der Waals surface area (Å²) in [7, 11) is 3.90. The molecule has 1 aromatic rings. The van der Waals surface area contributed by atoms with E-state index in [-0.39, 0.29) is 0 Å². The summed E-state index contributed by atoms with van der Waals surface area (Å²) >= 11 is 1.86. The second kappa shape index (κ2) is 5.76. The first-order valence-corrected chi connectivity index (χ1v) is 6.80. The van der Waals surface area contributed by atoms with Crippen molar-refractivity contribution >= 4 is 11.8 Å². The van der Waals surface area contributed by atoms with Crippen LogP contribution in [0.4, 0.5) is 0 Å². The number of benzene rings is 1. The zero-order chi connectivity index (χ0) is 12.3. The van der Waals surface area contributed by atoms with Crippen LogP contribution in [0, 0.1) is 6.92 Å². The summed E-state index contributed by atoms with van der Waals surface area (Å²) in [6.07, 6.45) is 0. The first-order valence-electron chi connectivity index (χ1n) is 5.92. The highest BCUT2D eigenvalue weighted by Crippen LogP contribution is 2.32. The second-order valence-corrected chi connectivity index (χ2v) is 5.72. The normalized spacial score (nSPS) is 21.5. The molecule has 0 aliphatic carbocycles. The van der Waals surface area contributed by atoms with Crippen LogP contribution in [0.25, 0.3) is 0 Å². The Balaban J connectivity index is 2.08. The number of aryl methyl sites for hydroxylation is 1. The lowest BCUT2D eigenvalue weighted by Gasteiger charge is -2.30. The maximum absolute atomic E-state index is 5.41. The van der Waals surface area contributed by atoms with Gasteiger partial charge in [-0.05, 0) is 31.7 Å². The molecule has 0 spiro atoms. The van der Waals surface area contributed by atoms with Crippen molar-refractivity contribution < 1.29 is 4.74 Å². The molecule has 1 aliphatic heterocycles. The number of nitrogens with zero attached hydrogens (tertiary/aromatic N) is 1. The predicted molar refractivity (Wildman–Crippen MR) is 72.9 cm³/mol. The summed E-state index contributed by atoms with van der Waals surface area (Å²) < 4.78 is 5.41. The quantitative estimate of drug-likeness (QED) is 0.889. The maximum Gasteiger partial charge on any atom is 0.132 e. The Morgan fingerprint density at radius 1 is 1.47 bits per heavy atom. The van der Waals surface area contributed by atoms with Crippen LogP contribution in [0.1, 0.15) is 5.56 Å². The lowest BCUT2D eigenvalue weighted by Crippen LogP contribution is -2.47. The molecule has 1 N–H and O–H groups in total. The third-order valence-electron chi connectivity index (χ3n) is 2.93. The number of ether oxygens (including phenoxy) is 1. The van der Waals surface area contributed by atoms with Gasteiger partial charge in [-0.1, -0.05) is 6.07 Å². The second-order valence-electron chi connectivity index (χ2n) is 4.48. The Morgan fingerprint density at radius 2 is 2.29 bits per heavy atom. The summed E-state index contributed by atoms with van der Waals surface area (Å²) in [5.41, 5.74) is 1.28. The van der Waals surface area contributed by atoms with Gasteiger partial charge in [0.1, 0.15) is 5.75 Å². The first-order chi connectivity index (χ1) is 8.19. The van der Waals surface area contributed by atoms with E-state index in [9.17, 15) is 0 Å². The standard InChI is InChI=1S/C13H20N2OS/c1-10-4-5-11(16-3)12(8-10)17-13-9-15(2)7-6-14-13/h4-5,8,13-14H,6-7,9H2,1-3H3. The van der Waals surface area contributed by atoms with Crippen molar-refractivity contribution in [2.75, 3.05) is 33.8 Å². The van der Waals surface area contributed by atoms with E-state index in [1.165, 1.54) is 10.5 Å². The van der Waals surface area contributed by atoms with Crippen molar-refractivity contribution in [1.29, 1.82) is 0 Å². The Morgan fingerprint density at radius 3 is 3.00 bits per heavy atom. The number of methoxy groups -OCH3 is 1. The molecule has 1 saturated heterocycles. The van der Waals surface area contributed by atoms with Crippen molar-refractivity contribution in [2.45, 2.75) is 17.2 Å². The van der Waals surface area contributed by atoms with Crippen LogP contribution in [0.5, 0.6) is 5.75 Å². The van der Waals surface area contributed by atoms with Crippen molar-refractivity contribution in [1.82, 2.24) is 10.2 Å². The van der Waals surface area contributed by atoms with Crippen molar-refractivity contribution in [3.8, 4) is 5.75 Å². The number of nitrogens with one attached hydrogen (secondary N) is 1. The molecule has 0 bridgehead atoms. The molecular weight excluding hydrogens is 232 g/mol. The lowest BCUT2D eigenvalue weighted by molar-refractivity contribution is 0.278. The van der Waals surface area contributed by atoms with E-state index in [0.717, 1.165) is 25.4 Å². The molecule has 1 atom stereocenters. The fourth-order valence-corrected chi connectivity index (χ4v) is 3.32. The first kappa shape index (κ1) is 12.7. The fraction of sp³-hybridized carbons (Fsp3) is 0.538. The van der Waals surface area contributed by atoms with Crippen LogP contribution in [0.15, 0.2) is 23.1 Å². The number of likely N-dealkylation sites (N-methyl/N-ethyl adjacent to an activating group) is 1. The van der Waals surface area contributed by atoms with Gasteiger partial charge in [-0.3, -0.25) is 0 Å². The molecule has 17 heavy (non-hydrogen) atoms. The van der Waals surface area contributed by atoms with Gasteiger partial charge in [0, 0.05) is 19.6 Å². The average Bonchev–Trinajstić information content (AvgIpc) is 2.29. The highest BCUT2D eigenvalue weighted by Gasteiger charge is 2.18. The van der Waals surface area contributed by atoms with Crippen LogP contribution in [-0.4, -0.2) is 44.1 Å². The summed E-state index contributed by atoms with van der Waals surface area (Å²) in [6, 6.07) is 6.33. The molecule has 0 aromatic heterocycles. The van der Waals surface area contributed by atoms with Gasteiger partial charge < -0.3 is 15.0 Å². The minimum Gasteiger partial charge on any atom is -0.496 e. The van der Waals surface area contributed by atoms with Crippen molar-refractivity contribution in [3.63, 3.8) is 0 Å². The molecule has 1 fully saturated rings. The van der Waals surface area contributed by atoms with Crippen molar-refractivity contribution in [2.24, 2.45) is 0 Å². The van der Waals surface area contributed by atoms with E-state index in [0.29, 0.717) is 5.37 Å². The number of rotatable bonds is 3. The van der Waals surface area contributed by atoms with E-state index in [2.05, 4.69) is 36.3 Å². The minimum atomic E-state index is 0.449. The molecule has 1 aliphatic rings. The number of piperazine rings is 1. The van der Waals surface area contributed by atoms with E-state index in [4.69, 9.17) is 4.74 Å². The number of hydrogen-bond acceptors (Lipinski definition) is 4. The third kappa shape index (κ3) is 3.37. The van der Waals surface area contributed by atoms with Crippen LogP contribution >= 0.6 is 11.8 Å². The van der Waals surface area contributed by atoms with Gasteiger partial charge in [-0.2, -0.15) is 0 Å². The SMILES string of the molecule is COc1ccc(C)cc1SC1CN(C)CCN1. The summed E-state index contributed by atoms with van der Waals surface area (Å²) in [6.45, 7) is 5.37. The molecule has 2 rings (SSSR count). The monoisotopic (exact) mass is 252 g/mol. The molecule has 0 saturated carbocycles. The Hall–Kier alpha value is -0.710. The largest absolute Gasteiger partial charge is 0.496 e. The van der Waals surface area contributed by atoms with Crippen LogP contribution in [-0.2, 0) is 0 Å². The highest BCUT2D eigenvalue weighted by atomic mass is 32.2. The zero-order valence-electron chi connectivity index (χ0n) is 10.7. The molecule has 94 valence electrons. The topological polar surface area (TPSA) is 24.5 Å². The third-order valence-corrected chi connectivity index (χ3v) is 4.10. The lowest BCUT2D eigenvalue weighted by atomic mass is 10.2. The Labute approximate surface area is 108 Å². The van der Waals surface area contributed by atoms with Crippen molar-refractivity contribution in [3.05, 3.63) is 23.8 Å². The number of thioether (sulfide) groups is 1. The van der Waals surface area contributed by atoms with Crippen LogP contribution < -0.4 is 10.1 Å². The summed E-state index contributed by atoms with van der Waals surface area (Å²) in [5.74, 6) is 0.968. The smallest absolute Gasteiger partial charge is 0.132 e. The minimum absolute atomic E-state index is 0.449. The zero-order valence-corrected chi connectivity index (χ0v) is 11.5. The molecular formula is C13H20N2OS. The molecule has 0 radical (unpaired) electrons. The van der Waals surface area contributed by atoms with E-state index < -0.39 is 0 Å². The van der Waals surface area contributed by atoms with E-state index >= 15 is 0 Å². The van der Waals surface area contributed by atoms with Gasteiger partial charge in [0.2, 0.25) is 0 Å². The number of hydrogen-bond donors (Lipinski definition) is 1. The molecule has 3 nitrogen and oxygen atoms in total. The summed E-state index contributed by atoms with van der Waals surface area (Å²) in [5, 5.41) is 3.98. The average molecular weight is 252 g/mol. The van der Waals surface area contributed by atoms with Gasteiger partial charge in [-0.15, -0.1) is 11.8 Å². The van der Waals surface area contributed by atoms with Gasteiger partial charge in [0.25, 0.3) is 0 Å². The fourth-order valence-electron chi connectivity index (χ4n) is 1.96. The van der Waals surface area contributed by atoms with Crippen LogP contribution in [0.3, 0.4) is 0 Å². The Bertz CT molecular complexity index is 384. The Kier molecular flexibility index (Phi) is 4.31. The van der Waals surface area contributed by atoms with Gasteiger partial charge in [0.05, 0.1) is 17.4 Å². The highest BCUT2D eigenvalue weighted by molar-refractivity contribution is 8.00. The van der Waals surface area contributed by atoms with E-state index in [1.807, 2.05) is 17.8 Å². The molecule has 1 heterocycles. The van der Waals surface area contributed by atoms with Crippen LogP contribution in [0.2, 0.25) is 0 Å². The molecule has 0 amide bonds. The van der Waals surface area contributed by atoms with Gasteiger partial charge in [-0.25, -0.2) is 0 Å². The van der Waals surface area contributed by atoms with Gasteiger partial charge in [0.15, 0.2) is 0 Å². The van der Waals surface area contributed by atoms with Gasteiger partial charge >= 0.3 is 0 Å². The molecule has 4 heteroatoms. The maximum atomic E-state index is 5.41. The summed E-state index contributed by atoms with van der Waals surface area (Å²) in [4.78, 5) is 3.58. The van der Waals surface area contributed by atoms with E-state index in [1.54, 1.807) is 7.11 Å². The molecule has 1 aromatic carbocycles. The predicted octanol–water partition coefficient (Wildman–Crippen LogP) is 1.96. The molecule has 1 unspecified atom stereocenters.